The highest BCUT2D eigenvalue weighted by Crippen LogP contribution is 2.39. The molecule has 0 unspecified atom stereocenters. The van der Waals surface area contributed by atoms with E-state index in [9.17, 15) is 0 Å². The number of para-hydroxylation sites is 1. The van der Waals surface area contributed by atoms with E-state index in [1.807, 2.05) is 24.3 Å². The molecule has 9 heteroatoms. The van der Waals surface area contributed by atoms with Gasteiger partial charge in [-0.15, -0.1) is 10.2 Å². The average molecular weight is 370 g/mol. The predicted molar refractivity (Wildman–Crippen MR) is 98.9 cm³/mol. The van der Waals surface area contributed by atoms with Crippen LogP contribution in [0.3, 0.4) is 0 Å². The molecule has 1 aromatic carbocycles. The van der Waals surface area contributed by atoms with Crippen molar-refractivity contribution in [2.24, 2.45) is 0 Å². The molecule has 3 aromatic heterocycles. The second-order valence-corrected chi connectivity index (χ2v) is 6.99. The summed E-state index contributed by atoms with van der Waals surface area (Å²) in [4.78, 5) is 0.689. The first-order valence-corrected chi connectivity index (χ1v) is 8.93. The molecule has 26 heavy (non-hydrogen) atoms. The average Bonchev–Trinajstić information content (AvgIpc) is 3.35. The lowest BCUT2D eigenvalue weighted by Gasteiger charge is -2.10. The maximum absolute atomic E-state index is 5.52. The second-order valence-electron chi connectivity index (χ2n) is 6.03. The van der Waals surface area contributed by atoms with Gasteiger partial charge < -0.3 is 9.47 Å². The summed E-state index contributed by atoms with van der Waals surface area (Å²) in [5.41, 5.74) is 2.61. The summed E-state index contributed by atoms with van der Waals surface area (Å²) in [5, 5.41) is 21.3. The van der Waals surface area contributed by atoms with E-state index in [1.165, 1.54) is 11.3 Å². The highest BCUT2D eigenvalue weighted by Gasteiger charge is 2.20. The molecule has 0 aliphatic rings. The Hall–Kier alpha value is -2.94. The van der Waals surface area contributed by atoms with E-state index in [-0.39, 0.29) is 0 Å². The molecule has 0 fully saturated rings. The van der Waals surface area contributed by atoms with Crippen molar-refractivity contribution >= 4 is 16.3 Å². The molecule has 0 radical (unpaired) electrons. The first kappa shape index (κ1) is 16.5. The largest absolute Gasteiger partial charge is 0.493 e. The summed E-state index contributed by atoms with van der Waals surface area (Å²) in [6.07, 6.45) is 0. The van der Waals surface area contributed by atoms with Crippen LogP contribution in [-0.2, 0) is 0 Å². The third-order valence-corrected chi connectivity index (χ3v) is 5.01. The monoisotopic (exact) mass is 370 g/mol. The summed E-state index contributed by atoms with van der Waals surface area (Å²) in [6.45, 7) is 4.21. The lowest BCUT2D eigenvalue weighted by molar-refractivity contribution is 0.356. The lowest BCUT2D eigenvalue weighted by atomic mass is 10.1. The van der Waals surface area contributed by atoms with Crippen LogP contribution < -0.4 is 9.47 Å². The van der Waals surface area contributed by atoms with Crippen LogP contribution >= 0.6 is 11.3 Å². The minimum Gasteiger partial charge on any atom is -0.493 e. The molecule has 1 N–H and O–H groups in total. The zero-order valence-corrected chi connectivity index (χ0v) is 15.7. The molecule has 8 nitrogen and oxygen atoms in total. The van der Waals surface area contributed by atoms with Gasteiger partial charge in [-0.25, -0.2) is 0 Å². The number of hydrogen-bond acceptors (Lipinski definition) is 7. The van der Waals surface area contributed by atoms with Gasteiger partial charge in [0.2, 0.25) is 10.8 Å². The molecule has 0 aliphatic carbocycles. The van der Waals surface area contributed by atoms with Crippen LogP contribution in [0.4, 0.5) is 0 Å². The number of nitrogens with one attached hydrogen (secondary N) is 1. The highest BCUT2D eigenvalue weighted by atomic mass is 32.1. The van der Waals surface area contributed by atoms with Crippen molar-refractivity contribution in [2.75, 3.05) is 14.2 Å². The normalized spacial score (nSPS) is 11.4. The smallest absolute Gasteiger partial charge is 0.235 e. The van der Waals surface area contributed by atoms with Gasteiger partial charge in [0.15, 0.2) is 16.5 Å². The first-order valence-electron chi connectivity index (χ1n) is 8.11. The van der Waals surface area contributed by atoms with Gasteiger partial charge in [-0.1, -0.05) is 31.3 Å². The number of rotatable bonds is 5. The van der Waals surface area contributed by atoms with Gasteiger partial charge in [-0.3, -0.25) is 5.10 Å². The van der Waals surface area contributed by atoms with Gasteiger partial charge in [-0.2, -0.15) is 14.7 Å². The molecule has 0 saturated carbocycles. The summed E-state index contributed by atoms with van der Waals surface area (Å²) < 4.78 is 12.6. The van der Waals surface area contributed by atoms with Crippen molar-refractivity contribution in [1.29, 1.82) is 0 Å². The summed E-state index contributed by atoms with van der Waals surface area (Å²) >= 11 is 1.43. The molecule has 0 aliphatic heterocycles. The van der Waals surface area contributed by atoms with Gasteiger partial charge in [0.05, 0.1) is 19.8 Å². The van der Waals surface area contributed by atoms with Crippen molar-refractivity contribution in [2.45, 2.75) is 19.8 Å². The van der Waals surface area contributed by atoms with E-state index in [0.717, 1.165) is 22.0 Å². The van der Waals surface area contributed by atoms with Crippen LogP contribution in [0.5, 0.6) is 11.5 Å². The zero-order valence-electron chi connectivity index (χ0n) is 14.8. The van der Waals surface area contributed by atoms with Crippen LogP contribution in [0.15, 0.2) is 24.3 Å². The topological polar surface area (TPSA) is 90.2 Å². The predicted octanol–water partition coefficient (Wildman–Crippen LogP) is 3.38. The number of benzene rings is 1. The maximum Gasteiger partial charge on any atom is 0.235 e. The van der Waals surface area contributed by atoms with Crippen LogP contribution in [0.1, 0.15) is 25.5 Å². The number of H-pyrrole nitrogens is 1. The number of aromatic amines is 1. The lowest BCUT2D eigenvalue weighted by Crippen LogP contribution is -1.94. The molecule has 4 aromatic rings. The molecule has 0 spiro atoms. The molecule has 134 valence electrons. The van der Waals surface area contributed by atoms with Gasteiger partial charge in [0.25, 0.3) is 0 Å². The van der Waals surface area contributed by atoms with E-state index in [0.29, 0.717) is 28.2 Å². The van der Waals surface area contributed by atoms with E-state index < -0.39 is 0 Å². The van der Waals surface area contributed by atoms with E-state index in [4.69, 9.17) is 9.47 Å². The Morgan fingerprint density at radius 2 is 2.00 bits per heavy atom. The minimum atomic E-state index is 0.353. The van der Waals surface area contributed by atoms with Gasteiger partial charge in [0, 0.05) is 5.69 Å². The Morgan fingerprint density at radius 3 is 2.69 bits per heavy atom. The first-order chi connectivity index (χ1) is 12.6. The van der Waals surface area contributed by atoms with Crippen LogP contribution in [0.2, 0.25) is 0 Å². The molecule has 4 rings (SSSR count). The van der Waals surface area contributed by atoms with Crippen molar-refractivity contribution in [3.05, 3.63) is 30.0 Å². The third kappa shape index (κ3) is 2.60. The molecule has 0 amide bonds. The molecule has 0 saturated heterocycles. The Labute approximate surface area is 153 Å². The fraction of sp³-hybridized carbons (Fsp3) is 0.294. The third-order valence-electron chi connectivity index (χ3n) is 4.07. The number of ether oxygens (including phenoxy) is 2. The minimum absolute atomic E-state index is 0.353. The number of fused-ring (bicyclic) bond motifs is 1. The van der Waals surface area contributed by atoms with Crippen LogP contribution in [0.25, 0.3) is 27.1 Å². The van der Waals surface area contributed by atoms with Gasteiger partial charge >= 0.3 is 0 Å². The standard InChI is InChI=1S/C17H18N6O2S/c1-9(2)11-8-12(19-18-11)15-20-21-17-23(15)22-16(26-17)10-6-5-7-13(24-3)14(10)25-4/h5-9H,1-4H3,(H,18,19). The number of hydrogen-bond donors (Lipinski definition) is 1. The Balaban J connectivity index is 1.82. The molecule has 0 bridgehead atoms. The second kappa shape index (κ2) is 6.41. The number of nitrogens with zero attached hydrogens (tertiary/aromatic N) is 5. The van der Waals surface area contributed by atoms with E-state index >= 15 is 0 Å². The quantitative estimate of drug-likeness (QED) is 0.579. The fourth-order valence-electron chi connectivity index (χ4n) is 2.69. The number of methoxy groups -OCH3 is 2. The van der Waals surface area contributed by atoms with Gasteiger partial charge in [-0.05, 0) is 24.1 Å². The molecule has 0 atom stereocenters. The SMILES string of the molecule is COc1cccc(-c2nn3c(-c4cc(C(C)C)[nH]n4)nnc3s2)c1OC. The Morgan fingerprint density at radius 1 is 1.15 bits per heavy atom. The van der Waals surface area contributed by atoms with Crippen LogP contribution in [0, 0.1) is 0 Å². The van der Waals surface area contributed by atoms with Gasteiger partial charge in [0.1, 0.15) is 5.69 Å². The Kier molecular flexibility index (Phi) is 4.08. The van der Waals surface area contributed by atoms with Crippen molar-refractivity contribution in [1.82, 2.24) is 30.0 Å². The Bertz CT molecular complexity index is 1060. The number of aromatic nitrogens is 6. The van der Waals surface area contributed by atoms with Crippen molar-refractivity contribution in [3.8, 4) is 33.6 Å². The van der Waals surface area contributed by atoms with Crippen molar-refractivity contribution < 1.29 is 9.47 Å². The summed E-state index contributed by atoms with van der Waals surface area (Å²) in [5.74, 6) is 2.26. The maximum atomic E-state index is 5.52. The highest BCUT2D eigenvalue weighted by molar-refractivity contribution is 7.19. The summed E-state index contributed by atoms with van der Waals surface area (Å²) in [6, 6.07) is 7.68. The van der Waals surface area contributed by atoms with Crippen molar-refractivity contribution in [3.63, 3.8) is 0 Å². The zero-order chi connectivity index (χ0) is 18.3. The summed E-state index contributed by atoms with van der Waals surface area (Å²) in [7, 11) is 3.23. The molecular weight excluding hydrogens is 352 g/mol. The van der Waals surface area contributed by atoms with E-state index in [1.54, 1.807) is 18.7 Å². The van der Waals surface area contributed by atoms with Crippen LogP contribution in [-0.4, -0.2) is 44.2 Å². The molecular formula is C17H18N6O2S. The van der Waals surface area contributed by atoms with E-state index in [2.05, 4.69) is 39.3 Å². The fourth-order valence-corrected chi connectivity index (χ4v) is 3.55. The molecule has 3 heterocycles.